The lowest BCUT2D eigenvalue weighted by Crippen LogP contribution is -2.52. The maximum absolute atomic E-state index is 13.9. The Labute approximate surface area is 235 Å². The monoisotopic (exact) mass is 592 g/mol. The van der Waals surface area contributed by atoms with E-state index in [9.17, 15) is 26.4 Å². The molecule has 10 nitrogen and oxygen atoms in total. The van der Waals surface area contributed by atoms with Crippen LogP contribution >= 0.6 is 0 Å². The fourth-order valence-electron chi connectivity index (χ4n) is 5.01. The highest BCUT2D eigenvalue weighted by Crippen LogP contribution is 2.31. The molecule has 2 aliphatic rings. The van der Waals surface area contributed by atoms with E-state index in [4.69, 9.17) is 10.5 Å². The smallest absolute Gasteiger partial charge is 0.316 e. The molecule has 2 atom stereocenters. The molecule has 1 aliphatic carbocycles. The molecule has 0 bridgehead atoms. The summed E-state index contributed by atoms with van der Waals surface area (Å²) in [4.78, 5) is 15.3. The normalized spacial score (nSPS) is 20.0. The third-order valence-corrected chi connectivity index (χ3v) is 8.89. The van der Waals surface area contributed by atoms with Gasteiger partial charge in [-0.1, -0.05) is 12.1 Å². The number of hydrogen-bond acceptors (Lipinski definition) is 7. The van der Waals surface area contributed by atoms with Gasteiger partial charge < -0.3 is 15.4 Å². The van der Waals surface area contributed by atoms with Gasteiger partial charge in [-0.25, -0.2) is 13.2 Å². The molecule has 0 spiro atoms. The largest absolute Gasteiger partial charge is 0.483 e. The molecular formula is C27H31F3N6O4S. The van der Waals surface area contributed by atoms with Crippen molar-refractivity contribution in [2.75, 3.05) is 36.8 Å². The Morgan fingerprint density at radius 2 is 1.78 bits per heavy atom. The zero-order valence-electron chi connectivity index (χ0n) is 22.4. The van der Waals surface area contributed by atoms with Gasteiger partial charge in [-0.3, -0.25) is 4.79 Å². The van der Waals surface area contributed by atoms with Crippen LogP contribution in [-0.2, 0) is 16.8 Å². The highest BCUT2D eigenvalue weighted by Gasteiger charge is 2.32. The summed E-state index contributed by atoms with van der Waals surface area (Å²) in [5.41, 5.74) is 7.54. The number of nitrogens with zero attached hydrogens (tertiary/aromatic N) is 4. The minimum absolute atomic E-state index is 0.0742. The third kappa shape index (κ3) is 6.49. The topological polar surface area (TPSA) is 123 Å². The summed E-state index contributed by atoms with van der Waals surface area (Å²) in [6.07, 6.45) is 0.542. The summed E-state index contributed by atoms with van der Waals surface area (Å²) < 4.78 is 78.3. The summed E-state index contributed by atoms with van der Waals surface area (Å²) in [7, 11) is -3.81. The van der Waals surface area contributed by atoms with Gasteiger partial charge >= 0.3 is 5.56 Å². The van der Waals surface area contributed by atoms with Crippen molar-refractivity contribution in [1.82, 2.24) is 18.8 Å². The van der Waals surface area contributed by atoms with Crippen LogP contribution in [0.25, 0.3) is 5.69 Å². The van der Waals surface area contributed by atoms with Crippen LogP contribution in [0.2, 0.25) is 0 Å². The summed E-state index contributed by atoms with van der Waals surface area (Å²) in [5.74, 6) is -1.89. The van der Waals surface area contributed by atoms with Crippen molar-refractivity contribution >= 4 is 21.6 Å². The maximum atomic E-state index is 13.9. The fourth-order valence-corrected chi connectivity index (χ4v) is 6.18. The molecule has 2 fully saturated rings. The molecule has 14 heteroatoms. The lowest BCUT2D eigenvalue weighted by Gasteiger charge is -2.35. The molecule has 2 unspecified atom stereocenters. The van der Waals surface area contributed by atoms with E-state index < -0.39 is 39.7 Å². The van der Waals surface area contributed by atoms with Crippen molar-refractivity contribution in [3.8, 4) is 11.4 Å². The van der Waals surface area contributed by atoms with E-state index in [0.29, 0.717) is 30.3 Å². The number of piperazine rings is 1. The number of aryl methyl sites for hydroxylation is 1. The molecule has 1 aromatic heterocycles. The highest BCUT2D eigenvalue weighted by molar-refractivity contribution is 7.87. The van der Waals surface area contributed by atoms with Gasteiger partial charge in [0.2, 0.25) is 5.75 Å². The number of anilines is 2. The highest BCUT2D eigenvalue weighted by atomic mass is 32.2. The summed E-state index contributed by atoms with van der Waals surface area (Å²) in [6.45, 7) is 2.59. The van der Waals surface area contributed by atoms with Crippen molar-refractivity contribution in [3.05, 3.63) is 75.7 Å². The quantitative estimate of drug-likeness (QED) is 0.386. The Kier molecular flexibility index (Phi) is 8.25. The second kappa shape index (κ2) is 11.7. The number of ether oxygens (including phenoxy) is 1. The molecule has 0 amide bonds. The van der Waals surface area contributed by atoms with Crippen molar-refractivity contribution in [3.63, 3.8) is 0 Å². The van der Waals surface area contributed by atoms with E-state index in [1.54, 1.807) is 17.0 Å². The molecule has 41 heavy (non-hydrogen) atoms. The van der Waals surface area contributed by atoms with Crippen molar-refractivity contribution in [2.45, 2.75) is 45.0 Å². The van der Waals surface area contributed by atoms with Crippen LogP contribution in [0.3, 0.4) is 0 Å². The molecule has 3 aromatic rings. The number of nitrogens with two attached hydrogens (primary N) is 1. The molecule has 1 saturated heterocycles. The zero-order valence-corrected chi connectivity index (χ0v) is 23.2. The van der Waals surface area contributed by atoms with E-state index in [1.807, 2.05) is 13.0 Å². The number of aromatic nitrogens is 2. The predicted molar refractivity (Wildman–Crippen MR) is 148 cm³/mol. The Bertz CT molecular complexity index is 1570. The Hall–Kier alpha value is -3.62. The van der Waals surface area contributed by atoms with Gasteiger partial charge in [-0.05, 0) is 49.1 Å². The van der Waals surface area contributed by atoms with E-state index in [1.165, 1.54) is 10.5 Å². The predicted octanol–water partition coefficient (Wildman–Crippen LogP) is 2.83. The van der Waals surface area contributed by atoms with Gasteiger partial charge in [0.05, 0.1) is 11.9 Å². The number of halogens is 3. The maximum Gasteiger partial charge on any atom is 0.316 e. The van der Waals surface area contributed by atoms with Crippen LogP contribution in [0.1, 0.15) is 30.4 Å². The van der Waals surface area contributed by atoms with E-state index in [0.717, 1.165) is 27.9 Å². The van der Waals surface area contributed by atoms with E-state index in [2.05, 4.69) is 9.82 Å². The Morgan fingerprint density at radius 3 is 2.41 bits per heavy atom. The number of rotatable bonds is 8. The van der Waals surface area contributed by atoms with Crippen LogP contribution < -0.4 is 25.7 Å². The van der Waals surface area contributed by atoms with Crippen LogP contribution in [0.5, 0.6) is 5.75 Å². The van der Waals surface area contributed by atoms with Gasteiger partial charge in [0, 0.05) is 50.9 Å². The number of benzene rings is 2. The van der Waals surface area contributed by atoms with Gasteiger partial charge in [0.15, 0.2) is 0 Å². The first kappa shape index (κ1) is 28.9. The lowest BCUT2D eigenvalue weighted by atomic mass is 10.1. The molecule has 2 heterocycles. The van der Waals surface area contributed by atoms with Gasteiger partial charge in [-0.2, -0.15) is 27.2 Å². The van der Waals surface area contributed by atoms with Crippen LogP contribution in [0.4, 0.5) is 24.5 Å². The molecule has 0 radical (unpaired) electrons. The summed E-state index contributed by atoms with van der Waals surface area (Å²) >= 11 is 0. The Morgan fingerprint density at radius 1 is 1.07 bits per heavy atom. The molecule has 1 saturated carbocycles. The number of hydrogen-bond donors (Lipinski definition) is 2. The average molecular weight is 593 g/mol. The molecule has 3 N–H and O–H groups in total. The number of nitrogens with one attached hydrogen (secondary N) is 1. The van der Waals surface area contributed by atoms with Gasteiger partial charge in [-0.15, -0.1) is 0 Å². The average Bonchev–Trinajstić information content (AvgIpc) is 3.34. The van der Waals surface area contributed by atoms with E-state index >= 15 is 0 Å². The van der Waals surface area contributed by atoms with Gasteiger partial charge in [0.1, 0.15) is 29.6 Å². The SMILES string of the molecule is Cc1ccc(CNS(=O)(=O)N2CCN(c3cnn(-c4cc(F)cc(F)c4)c(=O)c3OC3CCC(F)C3)CC2)cc1N. The number of nitrogen functional groups attached to an aromatic ring is 1. The summed E-state index contributed by atoms with van der Waals surface area (Å²) in [6, 6.07) is 7.96. The molecule has 2 aromatic carbocycles. The Balaban J connectivity index is 1.35. The standard InChI is InChI=1S/C27H31F3N6O4S/c1-17-2-3-18(10-24(17)31)15-33-41(38,39)35-8-6-34(7-9-35)25-16-32-36(22-12-20(29)11-21(30)13-22)27(37)26(25)40-23-5-4-19(28)14-23/h2-3,10-13,16,19,23,33H,4-9,14-15,31H2,1H3. The molecule has 220 valence electrons. The first-order chi connectivity index (χ1) is 19.5. The van der Waals surface area contributed by atoms with Crippen LogP contribution in [0, 0.1) is 18.6 Å². The molecule has 5 rings (SSSR count). The van der Waals surface area contributed by atoms with Gasteiger partial charge in [0.25, 0.3) is 10.2 Å². The fraction of sp³-hybridized carbons (Fsp3) is 0.407. The minimum Gasteiger partial charge on any atom is -0.483 e. The molecule has 1 aliphatic heterocycles. The van der Waals surface area contributed by atoms with Crippen molar-refractivity contribution in [2.24, 2.45) is 0 Å². The minimum atomic E-state index is -3.81. The zero-order chi connectivity index (χ0) is 29.3. The van der Waals surface area contributed by atoms with E-state index in [-0.39, 0.29) is 50.6 Å². The first-order valence-corrected chi connectivity index (χ1v) is 14.7. The number of alkyl halides is 1. The second-order valence-electron chi connectivity index (χ2n) is 10.3. The third-order valence-electron chi connectivity index (χ3n) is 7.33. The summed E-state index contributed by atoms with van der Waals surface area (Å²) in [5, 5.41) is 4.12. The lowest BCUT2D eigenvalue weighted by molar-refractivity contribution is 0.193. The molecular weight excluding hydrogens is 561 g/mol. The van der Waals surface area contributed by atoms with Crippen molar-refractivity contribution in [1.29, 1.82) is 0 Å². The van der Waals surface area contributed by atoms with Crippen LogP contribution in [-0.4, -0.2) is 61.0 Å². The van der Waals surface area contributed by atoms with Crippen molar-refractivity contribution < 1.29 is 26.3 Å². The second-order valence-corrected chi connectivity index (χ2v) is 12.0. The first-order valence-electron chi connectivity index (χ1n) is 13.2. The van der Waals surface area contributed by atoms with Crippen LogP contribution in [0.15, 0.2) is 47.4 Å².